The SMILES string of the molecule is [C-]#[N+]c1c(F)cc([O-])cc1F. The summed E-state index contributed by atoms with van der Waals surface area (Å²) in [6, 6.07) is 1.16. The minimum atomic E-state index is -1.11. The quantitative estimate of drug-likeness (QED) is 0.521. The van der Waals surface area contributed by atoms with Crippen molar-refractivity contribution < 1.29 is 13.9 Å². The third-order valence-corrected chi connectivity index (χ3v) is 1.10. The zero-order valence-electron chi connectivity index (χ0n) is 5.27. The van der Waals surface area contributed by atoms with Crippen LogP contribution in [0.4, 0.5) is 14.5 Å². The number of hydrogen-bond donors (Lipinski definition) is 0. The van der Waals surface area contributed by atoms with Crippen LogP contribution in [0.15, 0.2) is 12.1 Å². The molecule has 0 saturated carbocycles. The molecule has 1 aromatic carbocycles. The van der Waals surface area contributed by atoms with Crippen LogP contribution in [-0.4, -0.2) is 0 Å². The van der Waals surface area contributed by atoms with Crippen LogP contribution in [0, 0.1) is 18.2 Å². The maximum absolute atomic E-state index is 12.5. The molecule has 0 aliphatic heterocycles. The zero-order chi connectivity index (χ0) is 8.43. The highest BCUT2D eigenvalue weighted by molar-refractivity contribution is 5.49. The van der Waals surface area contributed by atoms with Crippen LogP contribution in [0.2, 0.25) is 0 Å². The van der Waals surface area contributed by atoms with Gasteiger partial charge in [-0.25, -0.2) is 13.6 Å². The van der Waals surface area contributed by atoms with Crippen molar-refractivity contribution >= 4 is 5.69 Å². The molecule has 4 heteroatoms. The van der Waals surface area contributed by atoms with Gasteiger partial charge in [-0.1, -0.05) is 0 Å². The molecular formula is C7H2F2NO-. The Labute approximate surface area is 61.5 Å². The summed E-state index contributed by atoms with van der Waals surface area (Å²) in [4.78, 5) is 2.57. The average Bonchev–Trinajstić information content (AvgIpc) is 1.85. The molecule has 0 saturated heterocycles. The minimum Gasteiger partial charge on any atom is -0.872 e. The summed E-state index contributed by atoms with van der Waals surface area (Å²) in [5, 5.41) is 10.4. The van der Waals surface area contributed by atoms with E-state index in [1.54, 1.807) is 0 Å². The molecule has 0 unspecified atom stereocenters. The molecule has 0 aliphatic carbocycles. The van der Waals surface area contributed by atoms with Crippen molar-refractivity contribution in [2.24, 2.45) is 0 Å². The van der Waals surface area contributed by atoms with Crippen molar-refractivity contribution in [3.8, 4) is 5.75 Å². The second kappa shape index (κ2) is 2.54. The number of rotatable bonds is 0. The Bertz CT molecular complexity index is 307. The highest BCUT2D eigenvalue weighted by Gasteiger charge is 2.06. The molecule has 0 fully saturated rings. The lowest BCUT2D eigenvalue weighted by Crippen LogP contribution is -1.92. The maximum atomic E-state index is 12.5. The minimum absolute atomic E-state index is 0.580. The van der Waals surface area contributed by atoms with Gasteiger partial charge in [0.2, 0.25) is 0 Å². The number of nitrogens with zero attached hydrogens (tertiary/aromatic N) is 1. The lowest BCUT2D eigenvalue weighted by molar-refractivity contribution is -0.268. The Balaban J connectivity index is 3.40. The molecule has 2 nitrogen and oxygen atoms in total. The van der Waals surface area contributed by atoms with Gasteiger partial charge in [-0.15, -0.1) is 5.75 Å². The van der Waals surface area contributed by atoms with Crippen LogP contribution in [0.25, 0.3) is 4.85 Å². The lowest BCUT2D eigenvalue weighted by Gasteiger charge is -2.05. The average molecular weight is 154 g/mol. The molecule has 1 rings (SSSR count). The Morgan fingerprint density at radius 2 is 1.73 bits per heavy atom. The van der Waals surface area contributed by atoms with Crippen molar-refractivity contribution in [1.82, 2.24) is 0 Å². The molecular weight excluding hydrogens is 152 g/mol. The van der Waals surface area contributed by atoms with Crippen LogP contribution in [0.5, 0.6) is 5.75 Å². The Hall–Kier alpha value is -1.63. The fourth-order valence-electron chi connectivity index (χ4n) is 0.649. The molecule has 0 bridgehead atoms. The van der Waals surface area contributed by atoms with E-state index in [4.69, 9.17) is 6.57 Å². The van der Waals surface area contributed by atoms with E-state index in [1.165, 1.54) is 0 Å². The molecule has 0 amide bonds. The molecule has 0 aliphatic rings. The van der Waals surface area contributed by atoms with Gasteiger partial charge in [-0.2, -0.15) is 0 Å². The van der Waals surface area contributed by atoms with Gasteiger partial charge < -0.3 is 5.11 Å². The van der Waals surface area contributed by atoms with Crippen LogP contribution in [0.1, 0.15) is 0 Å². The second-order valence-corrected chi connectivity index (χ2v) is 1.85. The number of benzene rings is 1. The first-order valence-electron chi connectivity index (χ1n) is 2.68. The van der Waals surface area contributed by atoms with Crippen LogP contribution < -0.4 is 5.11 Å². The summed E-state index contributed by atoms with van der Waals surface area (Å²) in [5.74, 6) is -2.98. The van der Waals surface area contributed by atoms with E-state index >= 15 is 0 Å². The summed E-state index contributed by atoms with van der Waals surface area (Å²) < 4.78 is 24.9. The topological polar surface area (TPSA) is 27.4 Å². The van der Waals surface area contributed by atoms with E-state index in [0.717, 1.165) is 0 Å². The van der Waals surface area contributed by atoms with Gasteiger partial charge in [-0.05, 0) is 12.1 Å². The van der Waals surface area contributed by atoms with Gasteiger partial charge in [0, 0.05) is 0 Å². The predicted molar refractivity (Wildman–Crippen MR) is 32.1 cm³/mol. The highest BCUT2D eigenvalue weighted by Crippen LogP contribution is 2.24. The van der Waals surface area contributed by atoms with E-state index in [0.29, 0.717) is 12.1 Å². The van der Waals surface area contributed by atoms with E-state index in [-0.39, 0.29) is 0 Å². The van der Waals surface area contributed by atoms with Crippen LogP contribution in [-0.2, 0) is 0 Å². The van der Waals surface area contributed by atoms with Gasteiger partial charge in [0.1, 0.15) is 11.6 Å². The van der Waals surface area contributed by atoms with Gasteiger partial charge >= 0.3 is 0 Å². The van der Waals surface area contributed by atoms with Crippen molar-refractivity contribution in [2.75, 3.05) is 0 Å². The summed E-state index contributed by atoms with van der Waals surface area (Å²) in [5.41, 5.74) is -0.732. The van der Waals surface area contributed by atoms with Crippen molar-refractivity contribution in [1.29, 1.82) is 0 Å². The first-order valence-corrected chi connectivity index (χ1v) is 2.68. The molecule has 0 atom stereocenters. The van der Waals surface area contributed by atoms with E-state index in [2.05, 4.69) is 4.85 Å². The van der Waals surface area contributed by atoms with E-state index in [9.17, 15) is 13.9 Å². The van der Waals surface area contributed by atoms with Gasteiger partial charge in [0.15, 0.2) is 0 Å². The van der Waals surface area contributed by atoms with E-state index < -0.39 is 23.1 Å². The van der Waals surface area contributed by atoms with Gasteiger partial charge in [-0.3, -0.25) is 0 Å². The van der Waals surface area contributed by atoms with Crippen molar-refractivity contribution in [3.05, 3.63) is 35.2 Å². The Kier molecular flexibility index (Phi) is 1.73. The lowest BCUT2D eigenvalue weighted by atomic mass is 10.3. The third-order valence-electron chi connectivity index (χ3n) is 1.10. The van der Waals surface area contributed by atoms with Crippen LogP contribution >= 0.6 is 0 Å². The Morgan fingerprint density at radius 1 is 1.27 bits per heavy atom. The molecule has 11 heavy (non-hydrogen) atoms. The zero-order valence-corrected chi connectivity index (χ0v) is 5.27. The fraction of sp³-hybridized carbons (Fsp3) is 0. The van der Waals surface area contributed by atoms with Gasteiger partial charge in [0.25, 0.3) is 5.69 Å². The maximum Gasteiger partial charge on any atom is 0.256 e. The fourth-order valence-corrected chi connectivity index (χ4v) is 0.649. The number of hydrogen-bond acceptors (Lipinski definition) is 1. The first kappa shape index (κ1) is 7.48. The Morgan fingerprint density at radius 3 is 2.09 bits per heavy atom. The summed E-state index contributed by atoms with van der Waals surface area (Å²) >= 11 is 0. The second-order valence-electron chi connectivity index (χ2n) is 1.85. The molecule has 0 heterocycles. The van der Waals surface area contributed by atoms with Crippen molar-refractivity contribution in [2.45, 2.75) is 0 Å². The van der Waals surface area contributed by atoms with Gasteiger partial charge in [0.05, 0.1) is 6.57 Å². The predicted octanol–water partition coefficient (Wildman–Crippen LogP) is 1.59. The molecule has 1 aromatic rings. The molecule has 0 N–H and O–H groups in total. The molecule has 56 valence electrons. The summed E-state index contributed by atoms with van der Waals surface area (Å²) in [6.45, 7) is 6.34. The van der Waals surface area contributed by atoms with Crippen molar-refractivity contribution in [3.63, 3.8) is 0 Å². The monoisotopic (exact) mass is 154 g/mol. The standard InChI is InChI=1S/C7H3F2NO/c1-10-7-5(8)2-4(11)3-6(7)9/h2-3,11H/p-1. The first-order chi connectivity index (χ1) is 5.15. The highest BCUT2D eigenvalue weighted by atomic mass is 19.1. The summed E-state index contributed by atoms with van der Waals surface area (Å²) in [6.07, 6.45) is 0. The number of halogens is 2. The molecule has 0 radical (unpaired) electrons. The summed E-state index contributed by atoms with van der Waals surface area (Å²) in [7, 11) is 0. The molecule has 0 spiro atoms. The smallest absolute Gasteiger partial charge is 0.256 e. The van der Waals surface area contributed by atoms with E-state index in [1.807, 2.05) is 0 Å². The largest absolute Gasteiger partial charge is 0.872 e. The van der Waals surface area contributed by atoms with Crippen LogP contribution in [0.3, 0.4) is 0 Å². The third kappa shape index (κ3) is 1.27. The normalized spacial score (nSPS) is 9.18. The molecule has 0 aromatic heterocycles.